The van der Waals surface area contributed by atoms with Crippen LogP contribution in [0.5, 0.6) is 0 Å². The van der Waals surface area contributed by atoms with Gasteiger partial charge in [0.15, 0.2) is 6.29 Å². The van der Waals surface area contributed by atoms with Gasteiger partial charge in [0.05, 0.1) is 38.8 Å². The smallest absolute Gasteiger partial charge is 0.228 e. The van der Waals surface area contributed by atoms with E-state index in [1.807, 2.05) is 36.1 Å². The normalized spacial score (nSPS) is 26.3. The molecule has 2 fully saturated rings. The molecule has 0 N–H and O–H groups in total. The van der Waals surface area contributed by atoms with Crippen molar-refractivity contribution in [3.63, 3.8) is 0 Å². The largest absolute Gasteiger partial charge is 0.369 e. The molecular formula is C17H22ClNO4. The third kappa shape index (κ3) is 4.04. The fourth-order valence-electron chi connectivity index (χ4n) is 2.94. The molecule has 3 rings (SSSR count). The summed E-state index contributed by atoms with van der Waals surface area (Å²) in [5.74, 6) is 0.0322. The molecule has 1 amide bonds. The van der Waals surface area contributed by atoms with Gasteiger partial charge in [-0.3, -0.25) is 4.79 Å². The van der Waals surface area contributed by atoms with E-state index >= 15 is 0 Å². The van der Waals surface area contributed by atoms with Gasteiger partial charge < -0.3 is 19.1 Å². The van der Waals surface area contributed by atoms with Gasteiger partial charge in [-0.05, 0) is 19.4 Å². The minimum Gasteiger partial charge on any atom is -0.369 e. The zero-order valence-electron chi connectivity index (χ0n) is 13.2. The molecule has 23 heavy (non-hydrogen) atoms. The Bertz CT molecular complexity index is 547. The molecular weight excluding hydrogens is 318 g/mol. The number of halogens is 1. The van der Waals surface area contributed by atoms with E-state index in [1.165, 1.54) is 0 Å². The van der Waals surface area contributed by atoms with Crippen molar-refractivity contribution in [3.05, 3.63) is 34.9 Å². The minimum absolute atomic E-state index is 0.0322. The Hall–Kier alpha value is -1.14. The molecule has 1 aromatic rings. The lowest BCUT2D eigenvalue weighted by molar-refractivity contribution is -0.190. The number of amides is 1. The van der Waals surface area contributed by atoms with Crippen molar-refractivity contribution in [3.8, 4) is 0 Å². The molecule has 2 aliphatic heterocycles. The highest BCUT2D eigenvalue weighted by atomic mass is 35.5. The maximum Gasteiger partial charge on any atom is 0.228 e. The lowest BCUT2D eigenvalue weighted by atomic mass is 10.1. The molecule has 0 aliphatic carbocycles. The maximum atomic E-state index is 12.6. The second-order valence-electron chi connectivity index (χ2n) is 5.97. The van der Waals surface area contributed by atoms with Crippen LogP contribution in [0.3, 0.4) is 0 Å². The summed E-state index contributed by atoms with van der Waals surface area (Å²) >= 11 is 6.25. The third-order valence-electron chi connectivity index (χ3n) is 4.24. The summed E-state index contributed by atoms with van der Waals surface area (Å²) in [7, 11) is 0. The van der Waals surface area contributed by atoms with E-state index in [9.17, 15) is 4.79 Å². The van der Waals surface area contributed by atoms with Gasteiger partial charge in [-0.1, -0.05) is 29.8 Å². The Morgan fingerprint density at radius 2 is 2.00 bits per heavy atom. The number of ether oxygens (including phenoxy) is 3. The number of hydrogen-bond acceptors (Lipinski definition) is 4. The number of morpholine rings is 1. The summed E-state index contributed by atoms with van der Waals surface area (Å²) in [6.45, 7) is 4.28. The highest BCUT2D eigenvalue weighted by Gasteiger charge is 2.32. The number of hydrogen-bond donors (Lipinski definition) is 0. The van der Waals surface area contributed by atoms with Crippen LogP contribution in [0.1, 0.15) is 31.4 Å². The van der Waals surface area contributed by atoms with Crippen LogP contribution in [0, 0.1) is 0 Å². The first-order chi connectivity index (χ1) is 11.1. The fourth-order valence-corrected chi connectivity index (χ4v) is 3.20. The summed E-state index contributed by atoms with van der Waals surface area (Å²) in [6, 6.07) is 7.63. The molecule has 6 heteroatoms. The molecule has 0 spiro atoms. The monoisotopic (exact) mass is 339 g/mol. The Balaban J connectivity index is 1.65. The standard InChI is InChI=1S/C17H22ClNO4/c1-12-11-23-15(13-5-2-3-6-14(13)18)10-19(12)16(20)9-17-21-7-4-8-22-17/h2-3,5-6,12,15,17H,4,7-11H2,1H3/t12-,15-/m1/s1. The van der Waals surface area contributed by atoms with Crippen LogP contribution in [-0.4, -0.2) is 49.5 Å². The minimum atomic E-state index is -0.426. The molecule has 2 aliphatic rings. The molecule has 0 unspecified atom stereocenters. The number of benzene rings is 1. The lowest BCUT2D eigenvalue weighted by Crippen LogP contribution is -2.49. The molecule has 126 valence electrons. The maximum absolute atomic E-state index is 12.6. The van der Waals surface area contributed by atoms with Crippen LogP contribution in [0.2, 0.25) is 5.02 Å². The average Bonchev–Trinajstić information content (AvgIpc) is 2.57. The van der Waals surface area contributed by atoms with Crippen LogP contribution < -0.4 is 0 Å². The van der Waals surface area contributed by atoms with E-state index in [-0.39, 0.29) is 24.5 Å². The number of nitrogens with zero attached hydrogens (tertiary/aromatic N) is 1. The molecule has 2 saturated heterocycles. The zero-order valence-corrected chi connectivity index (χ0v) is 14.0. The molecule has 0 radical (unpaired) electrons. The van der Waals surface area contributed by atoms with Crippen molar-refractivity contribution in [1.82, 2.24) is 4.90 Å². The van der Waals surface area contributed by atoms with E-state index in [0.717, 1.165) is 12.0 Å². The van der Waals surface area contributed by atoms with Crippen molar-refractivity contribution in [2.75, 3.05) is 26.4 Å². The Morgan fingerprint density at radius 1 is 1.26 bits per heavy atom. The predicted octanol–water partition coefficient (Wildman–Crippen LogP) is 2.78. The Morgan fingerprint density at radius 3 is 2.74 bits per heavy atom. The van der Waals surface area contributed by atoms with Crippen LogP contribution in [-0.2, 0) is 19.0 Å². The van der Waals surface area contributed by atoms with Gasteiger partial charge in [0.2, 0.25) is 5.91 Å². The van der Waals surface area contributed by atoms with Gasteiger partial charge in [-0.25, -0.2) is 0 Å². The van der Waals surface area contributed by atoms with Crippen molar-refractivity contribution in [2.24, 2.45) is 0 Å². The summed E-state index contributed by atoms with van der Waals surface area (Å²) in [6.07, 6.45) is 0.509. The third-order valence-corrected chi connectivity index (χ3v) is 4.59. The highest BCUT2D eigenvalue weighted by Crippen LogP contribution is 2.30. The molecule has 1 aromatic carbocycles. The Kier molecular flexibility index (Phi) is 5.54. The van der Waals surface area contributed by atoms with Gasteiger partial charge in [-0.2, -0.15) is 0 Å². The number of carbonyl (C=O) groups excluding carboxylic acids is 1. The summed E-state index contributed by atoms with van der Waals surface area (Å²) in [4.78, 5) is 14.5. The first-order valence-electron chi connectivity index (χ1n) is 8.04. The van der Waals surface area contributed by atoms with E-state index in [0.29, 0.717) is 31.4 Å². The summed E-state index contributed by atoms with van der Waals surface area (Å²) < 4.78 is 16.9. The molecule has 2 atom stereocenters. The summed E-state index contributed by atoms with van der Waals surface area (Å²) in [5, 5.41) is 0.665. The number of carbonyl (C=O) groups is 1. The molecule has 0 bridgehead atoms. The van der Waals surface area contributed by atoms with Crippen molar-refractivity contribution in [2.45, 2.75) is 38.2 Å². The zero-order chi connectivity index (χ0) is 16.2. The lowest BCUT2D eigenvalue weighted by Gasteiger charge is -2.39. The van der Waals surface area contributed by atoms with E-state index in [2.05, 4.69) is 0 Å². The highest BCUT2D eigenvalue weighted by molar-refractivity contribution is 6.31. The van der Waals surface area contributed by atoms with Crippen LogP contribution in [0.15, 0.2) is 24.3 Å². The van der Waals surface area contributed by atoms with Crippen molar-refractivity contribution >= 4 is 17.5 Å². The first-order valence-corrected chi connectivity index (χ1v) is 8.41. The predicted molar refractivity (Wildman–Crippen MR) is 86.2 cm³/mol. The number of rotatable bonds is 3. The average molecular weight is 340 g/mol. The van der Waals surface area contributed by atoms with E-state index in [1.54, 1.807) is 0 Å². The van der Waals surface area contributed by atoms with Crippen molar-refractivity contribution < 1.29 is 19.0 Å². The second kappa shape index (κ2) is 7.62. The molecule has 0 aromatic heterocycles. The van der Waals surface area contributed by atoms with Crippen LogP contribution >= 0.6 is 11.6 Å². The molecule has 0 saturated carbocycles. The van der Waals surface area contributed by atoms with Crippen molar-refractivity contribution in [1.29, 1.82) is 0 Å². The first kappa shape index (κ1) is 16.7. The molecule has 5 nitrogen and oxygen atoms in total. The Labute approximate surface area is 141 Å². The topological polar surface area (TPSA) is 48.0 Å². The van der Waals surface area contributed by atoms with E-state index in [4.69, 9.17) is 25.8 Å². The molecule has 2 heterocycles. The fraction of sp³-hybridized carbons (Fsp3) is 0.588. The van der Waals surface area contributed by atoms with Gasteiger partial charge >= 0.3 is 0 Å². The quantitative estimate of drug-likeness (QED) is 0.849. The SMILES string of the molecule is C[C@@H]1CO[C@@H](c2ccccc2Cl)CN1C(=O)CC1OCCCO1. The van der Waals surface area contributed by atoms with E-state index < -0.39 is 6.29 Å². The van der Waals surface area contributed by atoms with Gasteiger partial charge in [0.25, 0.3) is 0 Å². The second-order valence-corrected chi connectivity index (χ2v) is 6.37. The van der Waals surface area contributed by atoms with Gasteiger partial charge in [0.1, 0.15) is 6.10 Å². The van der Waals surface area contributed by atoms with Gasteiger partial charge in [-0.15, -0.1) is 0 Å². The van der Waals surface area contributed by atoms with Crippen LogP contribution in [0.25, 0.3) is 0 Å². The van der Waals surface area contributed by atoms with Gasteiger partial charge in [0, 0.05) is 10.6 Å². The van der Waals surface area contributed by atoms with Crippen LogP contribution in [0.4, 0.5) is 0 Å². The summed E-state index contributed by atoms with van der Waals surface area (Å²) in [5.41, 5.74) is 0.920.